The third kappa shape index (κ3) is 8.29. The van der Waals surface area contributed by atoms with Gasteiger partial charge in [0, 0.05) is 24.9 Å². The minimum Gasteiger partial charge on any atom is -0.484 e. The molecule has 1 heterocycles. The van der Waals surface area contributed by atoms with Crippen molar-refractivity contribution < 1.29 is 17.9 Å². The molecule has 0 amide bonds. The summed E-state index contributed by atoms with van der Waals surface area (Å²) < 4.78 is 41.2. The van der Waals surface area contributed by atoms with Crippen molar-refractivity contribution in [3.63, 3.8) is 0 Å². The minimum atomic E-state index is -4.34. The highest BCUT2D eigenvalue weighted by atomic mass is 32.1. The lowest BCUT2D eigenvalue weighted by molar-refractivity contribution is -0.153. The number of rotatable bonds is 8. The van der Waals surface area contributed by atoms with Crippen molar-refractivity contribution in [3.05, 3.63) is 45.9 Å². The monoisotopic (exact) mass is 400 g/mol. The number of ether oxygens (including phenoxy) is 1. The Morgan fingerprint density at radius 2 is 1.96 bits per heavy atom. The highest BCUT2D eigenvalue weighted by Crippen LogP contribution is 2.19. The van der Waals surface area contributed by atoms with Crippen LogP contribution in [0.4, 0.5) is 13.2 Å². The van der Waals surface area contributed by atoms with E-state index in [2.05, 4.69) is 20.6 Å². The molecule has 0 aliphatic carbocycles. The van der Waals surface area contributed by atoms with Gasteiger partial charge < -0.3 is 15.4 Å². The number of benzene rings is 1. The van der Waals surface area contributed by atoms with Crippen molar-refractivity contribution in [2.45, 2.75) is 33.0 Å². The highest BCUT2D eigenvalue weighted by Gasteiger charge is 2.28. The van der Waals surface area contributed by atoms with Crippen LogP contribution in [0.25, 0.3) is 0 Å². The van der Waals surface area contributed by atoms with Gasteiger partial charge in [-0.3, -0.25) is 0 Å². The first kappa shape index (κ1) is 21.0. The van der Waals surface area contributed by atoms with Gasteiger partial charge in [0.05, 0.1) is 17.2 Å². The Hall–Kier alpha value is -2.29. The number of hydrogen-bond donors (Lipinski definition) is 2. The van der Waals surface area contributed by atoms with Crippen LogP contribution in [0.3, 0.4) is 0 Å². The summed E-state index contributed by atoms with van der Waals surface area (Å²) in [6, 6.07) is 6.44. The Morgan fingerprint density at radius 1 is 1.22 bits per heavy atom. The summed E-state index contributed by atoms with van der Waals surface area (Å²) in [7, 11) is 0. The Morgan fingerprint density at radius 3 is 2.56 bits per heavy atom. The first-order valence-corrected chi connectivity index (χ1v) is 9.45. The van der Waals surface area contributed by atoms with Crippen molar-refractivity contribution in [1.29, 1.82) is 0 Å². The number of halogens is 3. The number of nitrogens with zero attached hydrogens (tertiary/aromatic N) is 2. The van der Waals surface area contributed by atoms with Gasteiger partial charge in [-0.1, -0.05) is 12.1 Å². The molecule has 5 nitrogen and oxygen atoms in total. The van der Waals surface area contributed by atoms with Crippen LogP contribution in [0.15, 0.2) is 34.6 Å². The molecule has 148 valence electrons. The molecule has 9 heteroatoms. The third-order valence-electron chi connectivity index (χ3n) is 3.43. The molecule has 1 aromatic carbocycles. The van der Waals surface area contributed by atoms with E-state index >= 15 is 0 Å². The lowest BCUT2D eigenvalue weighted by Gasteiger charge is -2.11. The van der Waals surface area contributed by atoms with Crippen molar-refractivity contribution >= 4 is 17.3 Å². The molecule has 2 aromatic rings. The predicted molar refractivity (Wildman–Crippen MR) is 101 cm³/mol. The van der Waals surface area contributed by atoms with E-state index in [1.165, 1.54) is 12.1 Å². The quantitative estimate of drug-likeness (QED) is 0.524. The normalized spacial score (nSPS) is 12.1. The number of aliphatic imine (C=N–C) groups is 1. The van der Waals surface area contributed by atoms with Gasteiger partial charge in [-0.15, -0.1) is 11.3 Å². The average molecular weight is 400 g/mol. The second-order valence-electron chi connectivity index (χ2n) is 5.78. The summed E-state index contributed by atoms with van der Waals surface area (Å²) in [5, 5.41) is 9.51. The van der Waals surface area contributed by atoms with Crippen molar-refractivity contribution in [2.75, 3.05) is 19.7 Å². The molecule has 0 saturated carbocycles. The highest BCUT2D eigenvalue weighted by molar-refractivity contribution is 7.09. The molecule has 0 atom stereocenters. The van der Waals surface area contributed by atoms with Gasteiger partial charge in [0.2, 0.25) is 0 Å². The van der Waals surface area contributed by atoms with Crippen LogP contribution in [-0.2, 0) is 13.0 Å². The van der Waals surface area contributed by atoms with Crippen molar-refractivity contribution in [1.82, 2.24) is 15.6 Å². The molecule has 0 unspecified atom stereocenters. The standard InChI is InChI=1S/C18H23F3N4OS/c1-3-22-17(23-9-8-15-11-27-13(2)25-15)24-10-14-4-6-16(7-5-14)26-12-18(19,20)21/h4-7,11H,3,8-10,12H2,1-2H3,(H2,22,23,24). The average Bonchev–Trinajstić information content (AvgIpc) is 3.03. The van der Waals surface area contributed by atoms with E-state index in [0.717, 1.165) is 29.2 Å². The molecule has 0 radical (unpaired) electrons. The molecule has 0 spiro atoms. The molecule has 0 aliphatic heterocycles. The van der Waals surface area contributed by atoms with Gasteiger partial charge in [-0.05, 0) is 31.5 Å². The number of guanidine groups is 1. The fourth-order valence-corrected chi connectivity index (χ4v) is 2.85. The zero-order valence-corrected chi connectivity index (χ0v) is 16.1. The van der Waals surface area contributed by atoms with Gasteiger partial charge >= 0.3 is 6.18 Å². The number of alkyl halides is 3. The first-order valence-electron chi connectivity index (χ1n) is 8.57. The Bertz CT molecular complexity index is 729. The van der Waals surface area contributed by atoms with E-state index in [1.54, 1.807) is 23.5 Å². The van der Waals surface area contributed by atoms with Crippen LogP contribution < -0.4 is 15.4 Å². The summed E-state index contributed by atoms with van der Waals surface area (Å²) in [4.78, 5) is 8.91. The summed E-state index contributed by atoms with van der Waals surface area (Å²) in [6.45, 7) is 4.51. The Kier molecular flexibility index (Phi) is 7.90. The number of aromatic nitrogens is 1. The topological polar surface area (TPSA) is 58.5 Å². The smallest absolute Gasteiger partial charge is 0.422 e. The summed E-state index contributed by atoms with van der Waals surface area (Å²) in [5.41, 5.74) is 1.93. The predicted octanol–water partition coefficient (Wildman–Crippen LogP) is 3.69. The Labute approximate surface area is 160 Å². The molecule has 2 rings (SSSR count). The number of nitrogens with one attached hydrogen (secondary N) is 2. The number of aryl methyl sites for hydroxylation is 1. The van der Waals surface area contributed by atoms with Gasteiger partial charge in [-0.2, -0.15) is 13.2 Å². The molecule has 0 fully saturated rings. The minimum absolute atomic E-state index is 0.184. The molecule has 0 bridgehead atoms. The number of hydrogen-bond acceptors (Lipinski definition) is 4. The first-order chi connectivity index (χ1) is 12.9. The maximum atomic E-state index is 12.2. The van der Waals surface area contributed by atoms with Crippen LogP contribution >= 0.6 is 11.3 Å². The van der Waals surface area contributed by atoms with Crippen molar-refractivity contribution in [2.24, 2.45) is 4.99 Å². The zero-order chi connectivity index (χ0) is 19.7. The maximum Gasteiger partial charge on any atom is 0.422 e. The molecule has 2 N–H and O–H groups in total. The van der Waals surface area contributed by atoms with Gasteiger partial charge in [0.25, 0.3) is 0 Å². The fourth-order valence-electron chi connectivity index (χ4n) is 2.20. The van der Waals surface area contributed by atoms with Crippen molar-refractivity contribution in [3.8, 4) is 5.75 Å². The van der Waals surface area contributed by atoms with Crippen LogP contribution in [-0.4, -0.2) is 36.8 Å². The molecular weight excluding hydrogens is 377 g/mol. The number of thiazole rings is 1. The van der Waals surface area contributed by atoms with Gasteiger partial charge in [0.15, 0.2) is 12.6 Å². The van der Waals surface area contributed by atoms with E-state index in [9.17, 15) is 13.2 Å². The fraction of sp³-hybridized carbons (Fsp3) is 0.444. The van der Waals surface area contributed by atoms with Crippen LogP contribution in [0.5, 0.6) is 5.75 Å². The lowest BCUT2D eigenvalue weighted by Crippen LogP contribution is -2.38. The summed E-state index contributed by atoms with van der Waals surface area (Å²) in [5.74, 6) is 0.866. The van der Waals surface area contributed by atoms with E-state index < -0.39 is 12.8 Å². The summed E-state index contributed by atoms with van der Waals surface area (Å²) >= 11 is 1.63. The Balaban J connectivity index is 1.84. The van der Waals surface area contributed by atoms with E-state index in [4.69, 9.17) is 4.74 Å². The van der Waals surface area contributed by atoms with Crippen LogP contribution in [0.1, 0.15) is 23.2 Å². The maximum absolute atomic E-state index is 12.2. The largest absolute Gasteiger partial charge is 0.484 e. The molecule has 27 heavy (non-hydrogen) atoms. The van der Waals surface area contributed by atoms with Gasteiger partial charge in [0.1, 0.15) is 5.75 Å². The van der Waals surface area contributed by atoms with Crippen LogP contribution in [0, 0.1) is 6.92 Å². The van der Waals surface area contributed by atoms with Gasteiger partial charge in [-0.25, -0.2) is 9.98 Å². The summed E-state index contributed by atoms with van der Waals surface area (Å²) in [6.07, 6.45) is -3.54. The molecule has 1 aromatic heterocycles. The van der Waals surface area contributed by atoms with E-state index in [1.807, 2.05) is 19.2 Å². The van der Waals surface area contributed by atoms with E-state index in [0.29, 0.717) is 19.0 Å². The third-order valence-corrected chi connectivity index (χ3v) is 4.25. The molecular formula is C18H23F3N4OS. The van der Waals surface area contributed by atoms with Crippen LogP contribution in [0.2, 0.25) is 0 Å². The SMILES string of the molecule is CCNC(=NCc1ccc(OCC(F)(F)F)cc1)NCCc1csc(C)n1. The van der Waals surface area contributed by atoms with E-state index in [-0.39, 0.29) is 5.75 Å². The molecule has 0 aliphatic rings. The molecule has 0 saturated heterocycles. The second kappa shape index (κ2) is 10.1. The zero-order valence-electron chi connectivity index (χ0n) is 15.3. The lowest BCUT2D eigenvalue weighted by atomic mass is 10.2. The second-order valence-corrected chi connectivity index (χ2v) is 6.84.